The molecule has 1 aromatic carbocycles. The molecule has 20 heavy (non-hydrogen) atoms. The molecule has 8 nitrogen and oxygen atoms in total. The van der Waals surface area contributed by atoms with Gasteiger partial charge in [-0.1, -0.05) is 0 Å². The lowest BCUT2D eigenvalue weighted by Crippen LogP contribution is -2.24. The average molecular weight is 275 g/mol. The van der Waals surface area contributed by atoms with Crippen molar-refractivity contribution in [1.82, 2.24) is 9.78 Å². The van der Waals surface area contributed by atoms with Gasteiger partial charge in [-0.3, -0.25) is 20.8 Å². The second-order valence-corrected chi connectivity index (χ2v) is 4.21. The first-order valence-corrected chi connectivity index (χ1v) is 5.80. The van der Waals surface area contributed by atoms with E-state index in [0.29, 0.717) is 16.9 Å². The lowest BCUT2D eigenvalue weighted by Gasteiger charge is -2.10. The number of non-ortho nitro benzene ring substituents is 1. The van der Waals surface area contributed by atoms with Gasteiger partial charge in [0.1, 0.15) is 0 Å². The van der Waals surface area contributed by atoms with E-state index in [1.165, 1.54) is 28.9 Å². The average Bonchev–Trinajstić information content (AvgIpc) is 2.42. The second kappa shape index (κ2) is 5.49. The highest BCUT2D eigenvalue weighted by molar-refractivity contribution is 5.55. The van der Waals surface area contributed by atoms with Crippen LogP contribution in [0.5, 0.6) is 0 Å². The maximum absolute atomic E-state index is 11.7. The molecule has 104 valence electrons. The number of aryl methyl sites for hydroxylation is 1. The van der Waals surface area contributed by atoms with Crippen LogP contribution in [0.1, 0.15) is 11.3 Å². The Kier molecular flexibility index (Phi) is 3.76. The van der Waals surface area contributed by atoms with E-state index in [2.05, 4.69) is 10.5 Å². The number of anilines is 1. The van der Waals surface area contributed by atoms with Crippen molar-refractivity contribution in [3.8, 4) is 0 Å². The van der Waals surface area contributed by atoms with Crippen LogP contribution in [-0.4, -0.2) is 14.7 Å². The molecule has 0 saturated carbocycles. The number of benzene rings is 1. The third kappa shape index (κ3) is 2.81. The largest absolute Gasteiger partial charge is 0.324 e. The zero-order chi connectivity index (χ0) is 14.7. The summed E-state index contributed by atoms with van der Waals surface area (Å²) in [6.07, 6.45) is 0. The Balaban J connectivity index is 2.46. The number of nitrogens with two attached hydrogens (primary N) is 1. The standard InChI is InChI=1S/C12H13N5O3/c1-8-2-5-12(18)16(15-8)7-9-6-10(17(19)20)3-4-11(9)14-13/h2-6,14H,7,13H2,1H3. The van der Waals surface area contributed by atoms with Crippen molar-refractivity contribution in [2.24, 2.45) is 5.84 Å². The number of hydrazine groups is 1. The predicted molar refractivity (Wildman–Crippen MR) is 73.2 cm³/mol. The highest BCUT2D eigenvalue weighted by Gasteiger charge is 2.11. The van der Waals surface area contributed by atoms with Gasteiger partial charge in [-0.25, -0.2) is 4.68 Å². The van der Waals surface area contributed by atoms with Gasteiger partial charge in [-0.05, 0) is 19.1 Å². The van der Waals surface area contributed by atoms with Gasteiger partial charge >= 0.3 is 0 Å². The van der Waals surface area contributed by atoms with Gasteiger partial charge in [-0.15, -0.1) is 0 Å². The topological polar surface area (TPSA) is 116 Å². The molecule has 0 bridgehead atoms. The van der Waals surface area contributed by atoms with Gasteiger partial charge in [0.2, 0.25) is 0 Å². The Morgan fingerprint density at radius 1 is 1.40 bits per heavy atom. The highest BCUT2D eigenvalue weighted by Crippen LogP contribution is 2.21. The minimum atomic E-state index is -0.504. The minimum absolute atomic E-state index is 0.0697. The number of nitrogens with one attached hydrogen (secondary N) is 1. The van der Waals surface area contributed by atoms with Crippen LogP contribution in [0.25, 0.3) is 0 Å². The van der Waals surface area contributed by atoms with Crippen LogP contribution in [0.15, 0.2) is 35.1 Å². The first kappa shape index (κ1) is 13.7. The fourth-order valence-electron chi connectivity index (χ4n) is 1.79. The summed E-state index contributed by atoms with van der Waals surface area (Å²) >= 11 is 0. The summed E-state index contributed by atoms with van der Waals surface area (Å²) in [7, 11) is 0. The molecular formula is C12H13N5O3. The predicted octanol–water partition coefficient (Wildman–Crippen LogP) is 0.794. The van der Waals surface area contributed by atoms with E-state index in [9.17, 15) is 14.9 Å². The summed E-state index contributed by atoms with van der Waals surface area (Å²) in [6, 6.07) is 7.20. The molecule has 0 radical (unpaired) electrons. The minimum Gasteiger partial charge on any atom is -0.324 e. The van der Waals surface area contributed by atoms with Crippen LogP contribution < -0.4 is 16.8 Å². The molecule has 0 unspecified atom stereocenters. The number of hydrogen-bond acceptors (Lipinski definition) is 6. The normalized spacial score (nSPS) is 10.3. The van der Waals surface area contributed by atoms with Crippen LogP contribution in [0, 0.1) is 17.0 Å². The third-order valence-electron chi connectivity index (χ3n) is 2.78. The van der Waals surface area contributed by atoms with E-state index in [1.54, 1.807) is 13.0 Å². The SMILES string of the molecule is Cc1ccc(=O)n(Cc2cc([N+](=O)[O-])ccc2NN)n1. The molecule has 0 aliphatic rings. The number of nitrogen functional groups attached to an aromatic ring is 1. The molecular weight excluding hydrogens is 262 g/mol. The molecule has 0 fully saturated rings. The number of rotatable bonds is 4. The van der Waals surface area contributed by atoms with Gasteiger partial charge in [0.15, 0.2) is 0 Å². The van der Waals surface area contributed by atoms with Crippen molar-refractivity contribution in [3.63, 3.8) is 0 Å². The lowest BCUT2D eigenvalue weighted by atomic mass is 10.1. The summed E-state index contributed by atoms with van der Waals surface area (Å²) in [5.74, 6) is 5.37. The zero-order valence-corrected chi connectivity index (χ0v) is 10.7. The Hall–Kier alpha value is -2.74. The van der Waals surface area contributed by atoms with Crippen molar-refractivity contribution < 1.29 is 4.92 Å². The zero-order valence-electron chi connectivity index (χ0n) is 10.7. The Bertz CT molecular complexity index is 710. The van der Waals surface area contributed by atoms with E-state index in [-0.39, 0.29) is 17.8 Å². The fraction of sp³-hybridized carbons (Fsp3) is 0.167. The van der Waals surface area contributed by atoms with Crippen LogP contribution in [0.3, 0.4) is 0 Å². The first-order chi connectivity index (χ1) is 9.51. The molecule has 1 heterocycles. The summed E-state index contributed by atoms with van der Waals surface area (Å²) in [5.41, 5.74) is 3.79. The number of hydrogen-bond donors (Lipinski definition) is 2. The maximum Gasteiger partial charge on any atom is 0.269 e. The van der Waals surface area contributed by atoms with Crippen LogP contribution in [0.2, 0.25) is 0 Å². The molecule has 1 aromatic heterocycles. The van der Waals surface area contributed by atoms with Crippen LogP contribution in [0.4, 0.5) is 11.4 Å². The van der Waals surface area contributed by atoms with Gasteiger partial charge in [0.05, 0.1) is 22.8 Å². The van der Waals surface area contributed by atoms with Gasteiger partial charge < -0.3 is 5.43 Å². The second-order valence-electron chi connectivity index (χ2n) is 4.21. The number of nitro benzene ring substituents is 1. The maximum atomic E-state index is 11.7. The van der Waals surface area contributed by atoms with E-state index in [0.717, 1.165) is 0 Å². The summed E-state index contributed by atoms with van der Waals surface area (Å²) in [6.45, 7) is 1.85. The first-order valence-electron chi connectivity index (χ1n) is 5.80. The smallest absolute Gasteiger partial charge is 0.269 e. The lowest BCUT2D eigenvalue weighted by molar-refractivity contribution is -0.384. The van der Waals surface area contributed by atoms with E-state index in [1.807, 2.05) is 0 Å². The summed E-state index contributed by atoms with van der Waals surface area (Å²) in [4.78, 5) is 22.0. The van der Waals surface area contributed by atoms with Gasteiger partial charge in [0.25, 0.3) is 11.2 Å². The molecule has 0 saturated heterocycles. The van der Waals surface area contributed by atoms with Crippen molar-refractivity contribution in [1.29, 1.82) is 0 Å². The molecule has 0 amide bonds. The summed E-state index contributed by atoms with van der Waals surface area (Å²) in [5, 5.41) is 14.9. The Morgan fingerprint density at radius 3 is 2.80 bits per heavy atom. The molecule has 2 aromatic rings. The molecule has 0 aliphatic carbocycles. The molecule has 0 spiro atoms. The number of aromatic nitrogens is 2. The number of nitro groups is 1. The fourth-order valence-corrected chi connectivity index (χ4v) is 1.79. The van der Waals surface area contributed by atoms with Gasteiger partial charge in [-0.2, -0.15) is 5.10 Å². The number of nitrogens with zero attached hydrogens (tertiary/aromatic N) is 3. The molecule has 8 heteroatoms. The van der Waals surface area contributed by atoms with Crippen LogP contribution >= 0.6 is 0 Å². The molecule has 2 rings (SSSR count). The van der Waals surface area contributed by atoms with E-state index >= 15 is 0 Å². The van der Waals surface area contributed by atoms with Crippen molar-refractivity contribution >= 4 is 11.4 Å². The third-order valence-corrected chi connectivity index (χ3v) is 2.78. The Labute approximate surface area is 114 Å². The molecule has 3 N–H and O–H groups in total. The highest BCUT2D eigenvalue weighted by atomic mass is 16.6. The monoisotopic (exact) mass is 275 g/mol. The van der Waals surface area contributed by atoms with Gasteiger partial charge in [0, 0.05) is 23.8 Å². The van der Waals surface area contributed by atoms with E-state index < -0.39 is 4.92 Å². The Morgan fingerprint density at radius 2 is 2.15 bits per heavy atom. The molecule has 0 aliphatic heterocycles. The van der Waals surface area contributed by atoms with Crippen molar-refractivity contribution in [2.45, 2.75) is 13.5 Å². The van der Waals surface area contributed by atoms with Crippen molar-refractivity contribution in [3.05, 3.63) is 62.1 Å². The van der Waals surface area contributed by atoms with Crippen LogP contribution in [-0.2, 0) is 6.54 Å². The van der Waals surface area contributed by atoms with E-state index in [4.69, 9.17) is 5.84 Å². The summed E-state index contributed by atoms with van der Waals surface area (Å²) < 4.78 is 1.23. The molecule has 0 atom stereocenters. The van der Waals surface area contributed by atoms with Crippen molar-refractivity contribution in [2.75, 3.05) is 5.43 Å². The quantitative estimate of drug-likeness (QED) is 0.484.